The average molecular weight is 391 g/mol. The number of piperidine rings is 1. The highest BCUT2D eigenvalue weighted by atomic mass is 19.3. The number of hydrogen-bond donors (Lipinski definition) is 2. The topological polar surface area (TPSA) is 62.8 Å². The van der Waals surface area contributed by atoms with E-state index in [1.54, 1.807) is 6.07 Å². The molecule has 1 fully saturated rings. The van der Waals surface area contributed by atoms with E-state index in [0.29, 0.717) is 5.69 Å². The van der Waals surface area contributed by atoms with Gasteiger partial charge in [0, 0.05) is 36.6 Å². The number of nitrogens with one attached hydrogen (secondary N) is 2. The number of alkyl halides is 2. The fourth-order valence-electron chi connectivity index (χ4n) is 3.22. The number of amides is 2. The number of ether oxygens (including phenoxy) is 2. The van der Waals surface area contributed by atoms with Gasteiger partial charge in [0.05, 0.1) is 7.11 Å². The van der Waals surface area contributed by atoms with E-state index in [1.807, 2.05) is 18.2 Å². The van der Waals surface area contributed by atoms with Gasteiger partial charge in [0.15, 0.2) is 11.5 Å². The predicted octanol–water partition coefficient (Wildman–Crippen LogP) is 4.09. The second kappa shape index (κ2) is 9.25. The van der Waals surface area contributed by atoms with Gasteiger partial charge in [0.25, 0.3) is 0 Å². The van der Waals surface area contributed by atoms with E-state index in [0.717, 1.165) is 25.9 Å². The van der Waals surface area contributed by atoms with E-state index in [4.69, 9.17) is 4.74 Å². The molecule has 0 spiro atoms. The summed E-state index contributed by atoms with van der Waals surface area (Å²) < 4.78 is 34.4. The van der Waals surface area contributed by atoms with Gasteiger partial charge in [-0.1, -0.05) is 18.2 Å². The monoisotopic (exact) mass is 391 g/mol. The van der Waals surface area contributed by atoms with Crippen LogP contribution in [-0.2, 0) is 0 Å². The molecule has 0 radical (unpaired) electrons. The molecule has 0 saturated carbocycles. The lowest BCUT2D eigenvalue weighted by Crippen LogP contribution is -2.46. The minimum atomic E-state index is -2.98. The minimum absolute atomic E-state index is 0.0509. The van der Waals surface area contributed by atoms with Gasteiger partial charge in [-0.05, 0) is 37.1 Å². The van der Waals surface area contributed by atoms with Crippen molar-refractivity contribution in [3.63, 3.8) is 0 Å². The Hall–Kier alpha value is -3.03. The summed E-state index contributed by atoms with van der Waals surface area (Å²) in [5.41, 5.74) is 1.52. The van der Waals surface area contributed by atoms with E-state index in [1.165, 1.54) is 24.9 Å². The van der Waals surface area contributed by atoms with Crippen LogP contribution in [0.1, 0.15) is 12.8 Å². The molecule has 3 rings (SSSR count). The molecule has 0 atom stereocenters. The number of para-hydroxylation sites is 1. The third-order valence-corrected chi connectivity index (χ3v) is 4.59. The van der Waals surface area contributed by atoms with E-state index < -0.39 is 6.61 Å². The van der Waals surface area contributed by atoms with Gasteiger partial charge in [0.2, 0.25) is 0 Å². The zero-order valence-electron chi connectivity index (χ0n) is 15.5. The van der Waals surface area contributed by atoms with Crippen LogP contribution >= 0.6 is 0 Å². The number of anilines is 2. The van der Waals surface area contributed by atoms with Crippen molar-refractivity contribution in [1.29, 1.82) is 0 Å². The van der Waals surface area contributed by atoms with Crippen LogP contribution in [0.3, 0.4) is 0 Å². The molecule has 150 valence electrons. The van der Waals surface area contributed by atoms with E-state index in [-0.39, 0.29) is 23.6 Å². The smallest absolute Gasteiger partial charge is 0.387 e. The molecule has 28 heavy (non-hydrogen) atoms. The van der Waals surface area contributed by atoms with Crippen LogP contribution in [0.15, 0.2) is 48.5 Å². The molecule has 1 aliphatic heterocycles. The molecule has 2 amide bonds. The van der Waals surface area contributed by atoms with Crippen LogP contribution in [0.5, 0.6) is 11.5 Å². The molecule has 2 N–H and O–H groups in total. The number of urea groups is 1. The summed E-state index contributed by atoms with van der Waals surface area (Å²) in [6.45, 7) is -1.28. The predicted molar refractivity (Wildman–Crippen MR) is 103 cm³/mol. The van der Waals surface area contributed by atoms with Crippen LogP contribution in [0.25, 0.3) is 0 Å². The zero-order chi connectivity index (χ0) is 19.9. The Labute approximate surface area is 162 Å². The SMILES string of the molecule is COc1ccc(NC(=O)NC2CCN(c3ccccc3)CC2)cc1OC(F)F. The molecule has 1 saturated heterocycles. The molecule has 6 nitrogen and oxygen atoms in total. The van der Waals surface area contributed by atoms with Crippen LogP contribution < -0.4 is 25.0 Å². The molecule has 8 heteroatoms. The first-order valence-corrected chi connectivity index (χ1v) is 9.05. The van der Waals surface area contributed by atoms with Gasteiger partial charge in [-0.25, -0.2) is 4.79 Å². The average Bonchev–Trinajstić information content (AvgIpc) is 2.69. The molecular formula is C20H23F2N3O3. The summed E-state index contributed by atoms with van der Waals surface area (Å²) in [7, 11) is 1.36. The summed E-state index contributed by atoms with van der Waals surface area (Å²) in [5, 5.41) is 5.58. The second-order valence-electron chi connectivity index (χ2n) is 6.44. The molecule has 1 heterocycles. The Morgan fingerprint density at radius 2 is 1.82 bits per heavy atom. The summed E-state index contributed by atoms with van der Waals surface area (Å²) >= 11 is 0. The lowest BCUT2D eigenvalue weighted by molar-refractivity contribution is -0.0511. The summed E-state index contributed by atoms with van der Waals surface area (Å²) in [6, 6.07) is 14.2. The number of rotatable bonds is 6. The fraction of sp³-hybridized carbons (Fsp3) is 0.350. The zero-order valence-corrected chi connectivity index (χ0v) is 15.5. The lowest BCUT2D eigenvalue weighted by atomic mass is 10.0. The Balaban J connectivity index is 1.52. The first-order valence-electron chi connectivity index (χ1n) is 9.05. The maximum atomic E-state index is 12.5. The van der Waals surface area contributed by atoms with E-state index in [2.05, 4.69) is 32.4 Å². The van der Waals surface area contributed by atoms with Gasteiger partial charge >= 0.3 is 12.6 Å². The van der Waals surface area contributed by atoms with Gasteiger partial charge < -0.3 is 25.0 Å². The molecule has 0 aliphatic carbocycles. The van der Waals surface area contributed by atoms with Crippen molar-refractivity contribution >= 4 is 17.4 Å². The number of methoxy groups -OCH3 is 1. The highest BCUT2D eigenvalue weighted by Gasteiger charge is 2.21. The van der Waals surface area contributed by atoms with E-state index in [9.17, 15) is 13.6 Å². The number of benzene rings is 2. The van der Waals surface area contributed by atoms with Crippen LogP contribution in [0.4, 0.5) is 25.0 Å². The van der Waals surface area contributed by atoms with Gasteiger partial charge in [-0.2, -0.15) is 8.78 Å². The number of halogens is 2. The van der Waals surface area contributed by atoms with Gasteiger partial charge in [0.1, 0.15) is 0 Å². The maximum Gasteiger partial charge on any atom is 0.387 e. The first kappa shape index (κ1) is 19.7. The van der Waals surface area contributed by atoms with Crippen LogP contribution in [0.2, 0.25) is 0 Å². The quantitative estimate of drug-likeness (QED) is 0.779. The number of nitrogens with zero attached hydrogens (tertiary/aromatic N) is 1. The fourth-order valence-corrected chi connectivity index (χ4v) is 3.22. The van der Waals surface area contributed by atoms with Gasteiger partial charge in [-0.15, -0.1) is 0 Å². The van der Waals surface area contributed by atoms with Crippen molar-refractivity contribution in [3.8, 4) is 11.5 Å². The van der Waals surface area contributed by atoms with Crippen molar-refractivity contribution in [1.82, 2.24) is 5.32 Å². The Bertz CT molecular complexity index is 782. The minimum Gasteiger partial charge on any atom is -0.493 e. The molecule has 0 bridgehead atoms. The second-order valence-corrected chi connectivity index (χ2v) is 6.44. The van der Waals surface area contributed by atoms with Crippen molar-refractivity contribution in [2.24, 2.45) is 0 Å². The van der Waals surface area contributed by atoms with Crippen molar-refractivity contribution in [2.45, 2.75) is 25.5 Å². The molecule has 0 aromatic heterocycles. The van der Waals surface area contributed by atoms with Gasteiger partial charge in [-0.3, -0.25) is 0 Å². The van der Waals surface area contributed by atoms with E-state index >= 15 is 0 Å². The van der Waals surface area contributed by atoms with Crippen LogP contribution in [-0.4, -0.2) is 38.9 Å². The molecule has 2 aromatic rings. The Morgan fingerprint density at radius 3 is 2.46 bits per heavy atom. The number of hydrogen-bond acceptors (Lipinski definition) is 4. The third-order valence-electron chi connectivity index (χ3n) is 4.59. The number of carbonyl (C=O) groups is 1. The standard InChI is InChI=1S/C20H23F2N3O3/c1-27-17-8-7-15(13-18(17)28-19(21)22)24-20(26)23-14-9-11-25(12-10-14)16-5-3-2-4-6-16/h2-8,13-14,19H,9-12H2,1H3,(H2,23,24,26). The normalized spacial score (nSPS) is 14.6. The third kappa shape index (κ3) is 5.25. The molecule has 0 unspecified atom stereocenters. The summed E-state index contributed by atoms with van der Waals surface area (Å²) in [6.07, 6.45) is 1.65. The first-order chi connectivity index (χ1) is 13.5. The number of carbonyl (C=O) groups excluding carboxylic acids is 1. The Kier molecular flexibility index (Phi) is 6.52. The largest absolute Gasteiger partial charge is 0.493 e. The maximum absolute atomic E-state index is 12.5. The molecule has 1 aliphatic rings. The van der Waals surface area contributed by atoms with Crippen LogP contribution in [0, 0.1) is 0 Å². The lowest BCUT2D eigenvalue weighted by Gasteiger charge is -2.34. The van der Waals surface area contributed by atoms with Crippen molar-refractivity contribution in [2.75, 3.05) is 30.4 Å². The Morgan fingerprint density at radius 1 is 1.11 bits per heavy atom. The highest BCUT2D eigenvalue weighted by molar-refractivity contribution is 5.89. The van der Waals surface area contributed by atoms with Crippen molar-refractivity contribution < 1.29 is 23.0 Å². The van der Waals surface area contributed by atoms with Crippen molar-refractivity contribution in [3.05, 3.63) is 48.5 Å². The molecular weight excluding hydrogens is 368 g/mol. The highest BCUT2D eigenvalue weighted by Crippen LogP contribution is 2.31. The summed E-state index contributed by atoms with van der Waals surface area (Å²) in [5.74, 6) is 0.0333. The molecule has 2 aromatic carbocycles. The summed E-state index contributed by atoms with van der Waals surface area (Å²) in [4.78, 5) is 14.5.